The quantitative estimate of drug-likeness (QED) is 0.282. The summed E-state index contributed by atoms with van der Waals surface area (Å²) in [6.45, 7) is 30.1. The van der Waals surface area contributed by atoms with E-state index in [2.05, 4.69) is 91.6 Å². The molecule has 1 aromatic carbocycles. The molecule has 0 unspecified atom stereocenters. The van der Waals surface area contributed by atoms with Crippen LogP contribution in [0.15, 0.2) is 6.07 Å². The molecule has 2 saturated carbocycles. The average molecular weight is 593 g/mol. The lowest BCUT2D eigenvalue weighted by Gasteiger charge is -2.51. The summed E-state index contributed by atoms with van der Waals surface area (Å²) >= 11 is 0. The van der Waals surface area contributed by atoms with E-state index in [1.165, 1.54) is 43.2 Å². The third-order valence-electron chi connectivity index (χ3n) is 8.54. The van der Waals surface area contributed by atoms with Crippen LogP contribution in [0.2, 0.25) is 78.6 Å². The van der Waals surface area contributed by atoms with Crippen molar-refractivity contribution in [1.82, 2.24) is 0 Å². The Morgan fingerprint density at radius 1 is 0.684 bits per heavy atom. The van der Waals surface area contributed by atoms with Gasteiger partial charge >= 0.3 is 0 Å². The highest BCUT2D eigenvalue weighted by molar-refractivity contribution is 6.72. The van der Waals surface area contributed by atoms with Gasteiger partial charge in [0, 0.05) is 5.56 Å². The van der Waals surface area contributed by atoms with Gasteiger partial charge in [0.25, 0.3) is 0 Å². The first-order valence-corrected chi connectivity index (χ1v) is 28.7. The van der Waals surface area contributed by atoms with Gasteiger partial charge in [0.1, 0.15) is 5.75 Å². The molecule has 0 saturated heterocycles. The predicted octanol–water partition coefficient (Wildman–Crippen LogP) is 9.40. The first kappa shape index (κ1) is 30.4. The van der Waals surface area contributed by atoms with Crippen molar-refractivity contribution >= 4 is 33.3 Å². The SMILES string of the molecule is C[C@]12CC[C@@H]3c4cc(O[Si](C)(C)C)c(O[Si](C)(C)C)c(O[Si](C)(C)C)c4CC[C@H]3[C@@H]1CC[C@@H]2O[Si](C)(C)C. The topological polar surface area (TPSA) is 36.9 Å². The van der Waals surface area contributed by atoms with E-state index in [1.807, 2.05) is 0 Å². The van der Waals surface area contributed by atoms with Crippen LogP contribution in [0.5, 0.6) is 17.2 Å². The van der Waals surface area contributed by atoms with Crippen molar-refractivity contribution < 1.29 is 17.7 Å². The summed E-state index contributed by atoms with van der Waals surface area (Å²) in [7, 11) is -7.19. The Bertz CT molecular complexity index is 1030. The van der Waals surface area contributed by atoms with Crippen molar-refractivity contribution in [3.63, 3.8) is 0 Å². The number of hydrogen-bond acceptors (Lipinski definition) is 4. The second kappa shape index (κ2) is 10.1. The lowest BCUT2D eigenvalue weighted by molar-refractivity contribution is -0.0141. The number of rotatable bonds is 8. The van der Waals surface area contributed by atoms with E-state index >= 15 is 0 Å². The summed E-state index contributed by atoms with van der Waals surface area (Å²) in [5, 5.41) is 0. The summed E-state index contributed by atoms with van der Waals surface area (Å²) < 4.78 is 27.4. The molecule has 0 heterocycles. The van der Waals surface area contributed by atoms with E-state index in [4.69, 9.17) is 17.7 Å². The van der Waals surface area contributed by atoms with Crippen molar-refractivity contribution in [1.29, 1.82) is 0 Å². The molecule has 1 aromatic rings. The minimum Gasteiger partial charge on any atom is -0.542 e. The highest BCUT2D eigenvalue weighted by Gasteiger charge is 2.56. The lowest BCUT2D eigenvalue weighted by atomic mass is 9.55. The molecule has 0 radical (unpaired) electrons. The fourth-order valence-corrected chi connectivity index (χ4v) is 11.1. The molecule has 5 atom stereocenters. The maximum Gasteiger partial charge on any atom is 0.242 e. The summed E-state index contributed by atoms with van der Waals surface area (Å²) in [6.07, 6.45) is 7.81. The van der Waals surface area contributed by atoms with Crippen molar-refractivity contribution in [3.8, 4) is 17.2 Å². The van der Waals surface area contributed by atoms with Crippen molar-refractivity contribution in [2.45, 2.75) is 136 Å². The van der Waals surface area contributed by atoms with Gasteiger partial charge in [0.05, 0.1) is 6.10 Å². The van der Waals surface area contributed by atoms with Crippen LogP contribution in [-0.2, 0) is 10.8 Å². The van der Waals surface area contributed by atoms with Crippen LogP contribution in [-0.4, -0.2) is 39.4 Å². The van der Waals surface area contributed by atoms with Gasteiger partial charge in [0.15, 0.2) is 19.8 Å². The van der Waals surface area contributed by atoms with Crippen LogP contribution in [0.3, 0.4) is 0 Å². The van der Waals surface area contributed by atoms with Crippen molar-refractivity contribution in [2.24, 2.45) is 17.3 Å². The molecule has 3 aliphatic carbocycles. The first-order chi connectivity index (χ1) is 17.2. The van der Waals surface area contributed by atoms with Crippen molar-refractivity contribution in [3.05, 3.63) is 17.2 Å². The van der Waals surface area contributed by atoms with Crippen LogP contribution < -0.4 is 13.3 Å². The van der Waals surface area contributed by atoms with Crippen LogP contribution in [0, 0.1) is 17.3 Å². The number of benzene rings is 1. The number of fused-ring (bicyclic) bond motifs is 5. The second-order valence-corrected chi connectivity index (χ2v) is 34.2. The van der Waals surface area contributed by atoms with Gasteiger partial charge in [-0.3, -0.25) is 0 Å². The van der Waals surface area contributed by atoms with Crippen LogP contribution in [0.25, 0.3) is 0 Å². The van der Waals surface area contributed by atoms with E-state index in [0.29, 0.717) is 17.4 Å². The Labute approximate surface area is 238 Å². The molecular formula is C30H56O4Si4. The van der Waals surface area contributed by atoms with Gasteiger partial charge in [-0.1, -0.05) is 6.92 Å². The zero-order chi connectivity index (χ0) is 28.5. The zero-order valence-corrected chi connectivity index (χ0v) is 30.8. The third kappa shape index (κ3) is 6.66. The van der Waals surface area contributed by atoms with Gasteiger partial charge in [-0.25, -0.2) is 0 Å². The molecule has 2 fully saturated rings. The molecular weight excluding hydrogens is 537 g/mol. The Balaban J connectivity index is 1.80. The van der Waals surface area contributed by atoms with Crippen LogP contribution in [0.4, 0.5) is 0 Å². The Kier molecular flexibility index (Phi) is 8.06. The fraction of sp³-hybridized carbons (Fsp3) is 0.800. The molecule has 8 heteroatoms. The van der Waals surface area contributed by atoms with Gasteiger partial charge in [-0.05, 0) is 152 Å². The van der Waals surface area contributed by atoms with Crippen molar-refractivity contribution in [2.75, 3.05) is 0 Å². The molecule has 3 aliphatic rings. The number of hydrogen-bond donors (Lipinski definition) is 0. The molecule has 0 aromatic heterocycles. The third-order valence-corrected chi connectivity index (χ3v) is 12.0. The molecule has 216 valence electrons. The Morgan fingerprint density at radius 2 is 1.26 bits per heavy atom. The van der Waals surface area contributed by atoms with E-state index in [0.717, 1.165) is 35.5 Å². The Morgan fingerprint density at radius 3 is 1.82 bits per heavy atom. The highest BCUT2D eigenvalue weighted by Crippen LogP contribution is 2.63. The van der Waals surface area contributed by atoms with E-state index in [-0.39, 0.29) is 0 Å². The molecule has 4 nitrogen and oxygen atoms in total. The minimum atomic E-state index is -1.89. The average Bonchev–Trinajstić information content (AvgIpc) is 3.02. The smallest absolute Gasteiger partial charge is 0.242 e. The van der Waals surface area contributed by atoms with E-state index in [1.54, 1.807) is 0 Å². The summed E-state index contributed by atoms with van der Waals surface area (Å²) in [5.41, 5.74) is 3.23. The van der Waals surface area contributed by atoms with Gasteiger partial charge < -0.3 is 17.7 Å². The molecule has 38 heavy (non-hydrogen) atoms. The maximum atomic E-state index is 6.95. The molecule has 0 aliphatic heterocycles. The predicted molar refractivity (Wildman–Crippen MR) is 171 cm³/mol. The second-order valence-electron chi connectivity index (χ2n) is 16.5. The van der Waals surface area contributed by atoms with Crippen LogP contribution >= 0.6 is 0 Å². The molecule has 0 bridgehead atoms. The highest BCUT2D eigenvalue weighted by atomic mass is 28.4. The summed E-state index contributed by atoms with van der Waals surface area (Å²) in [4.78, 5) is 0. The molecule has 0 amide bonds. The molecule has 4 rings (SSSR count). The van der Waals surface area contributed by atoms with Gasteiger partial charge in [-0.15, -0.1) is 0 Å². The lowest BCUT2D eigenvalue weighted by Crippen LogP contribution is -2.47. The minimum absolute atomic E-state index is 0.315. The summed E-state index contributed by atoms with van der Waals surface area (Å²) in [6, 6.07) is 2.41. The van der Waals surface area contributed by atoms with Gasteiger partial charge in [0.2, 0.25) is 25.0 Å². The summed E-state index contributed by atoms with van der Waals surface area (Å²) in [5.74, 6) is 4.92. The van der Waals surface area contributed by atoms with Gasteiger partial charge in [-0.2, -0.15) is 0 Å². The zero-order valence-electron chi connectivity index (χ0n) is 26.8. The maximum absolute atomic E-state index is 6.95. The van der Waals surface area contributed by atoms with E-state index in [9.17, 15) is 0 Å². The molecule has 0 spiro atoms. The Hall–Kier alpha value is -0.552. The standard InChI is InChI=1S/C30H56O4Si4/c1-30-19-18-21-22(25(30)16-17-27(30)32-36(5,6)7)14-15-23-24(21)20-26(31-35(2,3)4)29(34-38(11,12)13)28(23)33-37(8,9)10/h20-22,25,27H,14-19H2,1-13H3/t21-,22+,25-,27-,30-/m0/s1. The monoisotopic (exact) mass is 592 g/mol. The largest absolute Gasteiger partial charge is 0.542 e. The normalized spacial score (nSPS) is 29.8. The fourth-order valence-electron chi connectivity index (χ4n) is 7.44. The van der Waals surface area contributed by atoms with Crippen LogP contribution in [0.1, 0.15) is 56.1 Å². The molecule has 0 N–H and O–H groups in total. The first-order valence-electron chi connectivity index (χ1n) is 15.1. The van der Waals surface area contributed by atoms with E-state index < -0.39 is 33.3 Å².